The second-order valence-corrected chi connectivity index (χ2v) is 8.94. The lowest BCUT2D eigenvalue weighted by atomic mass is 10.0. The number of hydrogen-bond donors (Lipinski definition) is 1. The van der Waals surface area contributed by atoms with Gasteiger partial charge in [0, 0.05) is 62.7 Å². The number of alkyl halides is 2. The van der Waals surface area contributed by atoms with Crippen LogP contribution in [0.3, 0.4) is 0 Å². The lowest BCUT2D eigenvalue weighted by molar-refractivity contribution is -0.0220. The smallest absolute Gasteiger partial charge is 0.251 e. The molecule has 0 amide bonds. The zero-order valence-electron chi connectivity index (χ0n) is 20.9. The second-order valence-electron chi connectivity index (χ2n) is 8.05. The Morgan fingerprint density at radius 2 is 1.64 bits per heavy atom. The van der Waals surface area contributed by atoms with Crippen molar-refractivity contribution < 1.29 is 18.3 Å². The Labute approximate surface area is 221 Å². The van der Waals surface area contributed by atoms with Gasteiger partial charge in [-0.1, -0.05) is 24.1 Å². The maximum atomic E-state index is 13.3. The van der Waals surface area contributed by atoms with E-state index < -0.39 is 5.92 Å². The maximum absolute atomic E-state index is 13.3. The van der Waals surface area contributed by atoms with Crippen molar-refractivity contribution in [2.75, 3.05) is 63.9 Å². The molecule has 2 saturated heterocycles. The number of aromatic nitrogens is 3. The van der Waals surface area contributed by atoms with E-state index in [1.165, 1.54) is 0 Å². The first-order valence-electron chi connectivity index (χ1n) is 11.7. The molecule has 0 bridgehead atoms. The van der Waals surface area contributed by atoms with Crippen LogP contribution in [0.25, 0.3) is 22.3 Å². The highest BCUT2D eigenvalue weighted by atomic mass is 32.2. The number of anilines is 1. The number of pyridine rings is 1. The Morgan fingerprint density at radius 3 is 2.22 bits per heavy atom. The Balaban J connectivity index is 0.000000305. The van der Waals surface area contributed by atoms with E-state index in [4.69, 9.17) is 9.47 Å². The van der Waals surface area contributed by atoms with E-state index in [9.17, 15) is 8.78 Å². The summed E-state index contributed by atoms with van der Waals surface area (Å²) in [6.45, 7) is 4.71. The van der Waals surface area contributed by atoms with Gasteiger partial charge in [-0.05, 0) is 30.7 Å². The van der Waals surface area contributed by atoms with Gasteiger partial charge in [0.05, 0.1) is 31.5 Å². The highest BCUT2D eigenvalue weighted by Gasteiger charge is 2.34. The molecule has 2 aromatic heterocycles. The van der Waals surface area contributed by atoms with Gasteiger partial charge < -0.3 is 14.4 Å². The predicted molar refractivity (Wildman–Crippen MR) is 147 cm³/mol. The predicted octanol–water partition coefficient (Wildman–Crippen LogP) is 5.08. The van der Waals surface area contributed by atoms with Crippen LogP contribution in [-0.4, -0.2) is 84.2 Å². The number of thiol groups is 1. The summed E-state index contributed by atoms with van der Waals surface area (Å²) in [5.74, 6) is -2.11. The topological polar surface area (TPSA) is 63.6 Å². The van der Waals surface area contributed by atoms with E-state index in [1.807, 2.05) is 35.2 Å². The molecule has 3 aromatic rings. The fraction of sp³-hybridized carbons (Fsp3) is 0.480. The van der Waals surface area contributed by atoms with Crippen molar-refractivity contribution in [3.63, 3.8) is 0 Å². The maximum Gasteiger partial charge on any atom is 0.251 e. The number of ether oxygens (including phenoxy) is 2. The largest absolute Gasteiger partial charge is 0.479 e. The van der Waals surface area contributed by atoms with Crippen LogP contribution in [0.2, 0.25) is 0 Å². The van der Waals surface area contributed by atoms with Gasteiger partial charge >= 0.3 is 0 Å². The fourth-order valence-electron chi connectivity index (χ4n) is 3.90. The van der Waals surface area contributed by atoms with Crippen molar-refractivity contribution in [1.82, 2.24) is 19.3 Å². The molecule has 2 aliphatic rings. The summed E-state index contributed by atoms with van der Waals surface area (Å²) in [6.07, 6.45) is 6.82. The molecule has 196 valence electrons. The van der Waals surface area contributed by atoms with E-state index in [0.29, 0.717) is 30.0 Å². The van der Waals surface area contributed by atoms with Crippen LogP contribution in [0, 0.1) is 0 Å². The van der Waals surface area contributed by atoms with Crippen molar-refractivity contribution >= 4 is 41.3 Å². The number of piperidine rings is 1. The molecular formula is C25H33F2N5O2S2. The number of hydrogen-bond acceptors (Lipinski definition) is 9. The van der Waals surface area contributed by atoms with Crippen LogP contribution in [0.15, 0.2) is 42.7 Å². The summed E-state index contributed by atoms with van der Waals surface area (Å²) < 4.78 is 39.4. The van der Waals surface area contributed by atoms with Crippen LogP contribution >= 0.6 is 24.6 Å². The summed E-state index contributed by atoms with van der Waals surface area (Å²) in [7, 11) is 1.55. The number of morpholine rings is 1. The average Bonchev–Trinajstić information content (AvgIpc) is 2.94. The zero-order valence-corrected chi connectivity index (χ0v) is 22.6. The summed E-state index contributed by atoms with van der Waals surface area (Å²) in [4.78, 5) is 15.1. The van der Waals surface area contributed by atoms with E-state index in [-0.39, 0.29) is 12.8 Å². The van der Waals surface area contributed by atoms with Gasteiger partial charge in [0.25, 0.3) is 5.92 Å². The van der Waals surface area contributed by atoms with Gasteiger partial charge in [0.1, 0.15) is 0 Å². The monoisotopic (exact) mass is 537 g/mol. The van der Waals surface area contributed by atoms with Crippen molar-refractivity contribution in [2.24, 2.45) is 0 Å². The number of fused-ring (bicyclic) bond motifs is 1. The lowest BCUT2D eigenvalue weighted by Gasteiger charge is -2.33. The fourth-order valence-corrected chi connectivity index (χ4v) is 4.41. The van der Waals surface area contributed by atoms with Gasteiger partial charge in [-0.3, -0.25) is 4.98 Å². The van der Waals surface area contributed by atoms with E-state index >= 15 is 0 Å². The Morgan fingerprint density at radius 1 is 1.00 bits per heavy atom. The average molecular weight is 538 g/mol. The summed E-state index contributed by atoms with van der Waals surface area (Å²) >= 11 is 5.33. The van der Waals surface area contributed by atoms with Crippen LogP contribution < -0.4 is 9.64 Å². The number of rotatable bonds is 4. The third-order valence-electron chi connectivity index (χ3n) is 5.87. The summed E-state index contributed by atoms with van der Waals surface area (Å²) in [5, 5.41) is 0. The standard InChI is InChI=1S/C19H18F2N4O.C5H11NOS.CH4S/c1-26-18-17-16(22-8-9-23-17)12-15(24-18)13-2-4-14(5-3-13)25-10-6-19(20,21)7-11-25;1-8-6-2-4-7-5-3-6;1-2/h2-5,8-9,12H,6-7,10-11H2,1H3;2-5H2,1H3;2H,1H3. The number of nitrogens with zero attached hydrogens (tertiary/aromatic N) is 5. The molecular weight excluding hydrogens is 504 g/mol. The molecule has 1 aromatic carbocycles. The van der Waals surface area contributed by atoms with Crippen molar-refractivity contribution in [3.05, 3.63) is 42.7 Å². The molecule has 4 heterocycles. The van der Waals surface area contributed by atoms with Crippen LogP contribution in [0.5, 0.6) is 5.88 Å². The molecule has 0 aliphatic carbocycles. The molecule has 0 N–H and O–H groups in total. The Kier molecular flexibility index (Phi) is 11.0. The van der Waals surface area contributed by atoms with Crippen LogP contribution in [-0.2, 0) is 4.74 Å². The molecule has 0 saturated carbocycles. The number of benzene rings is 1. The first-order chi connectivity index (χ1) is 17.5. The minimum atomic E-state index is -2.54. The molecule has 0 spiro atoms. The number of halogens is 2. The minimum Gasteiger partial charge on any atom is -0.479 e. The molecule has 0 radical (unpaired) electrons. The van der Waals surface area contributed by atoms with Crippen LogP contribution in [0.4, 0.5) is 14.5 Å². The van der Waals surface area contributed by atoms with E-state index in [2.05, 4.69) is 38.1 Å². The lowest BCUT2D eigenvalue weighted by Crippen LogP contribution is -2.39. The van der Waals surface area contributed by atoms with Gasteiger partial charge in [-0.25, -0.2) is 23.1 Å². The van der Waals surface area contributed by atoms with Crippen molar-refractivity contribution in [1.29, 1.82) is 0 Å². The SMILES string of the molecule is COc1nc(-c2ccc(N3CCC(F)(F)CC3)cc2)cc2nccnc12.CS.CSN1CCOCC1. The highest BCUT2D eigenvalue weighted by Crippen LogP contribution is 2.32. The normalized spacial score (nSPS) is 17.4. The molecule has 2 aliphatic heterocycles. The van der Waals surface area contributed by atoms with Gasteiger partial charge in [0.15, 0.2) is 5.52 Å². The molecule has 0 atom stereocenters. The first-order valence-corrected chi connectivity index (χ1v) is 13.8. The van der Waals surface area contributed by atoms with Crippen molar-refractivity contribution in [3.8, 4) is 17.1 Å². The summed E-state index contributed by atoms with van der Waals surface area (Å²) in [5.41, 5.74) is 3.90. The van der Waals surface area contributed by atoms with Crippen molar-refractivity contribution in [2.45, 2.75) is 18.8 Å². The first kappa shape index (κ1) is 28.4. The third kappa shape index (κ3) is 7.64. The van der Waals surface area contributed by atoms with Crippen LogP contribution in [0.1, 0.15) is 12.8 Å². The van der Waals surface area contributed by atoms with Gasteiger partial charge in [-0.2, -0.15) is 12.6 Å². The highest BCUT2D eigenvalue weighted by molar-refractivity contribution is 7.96. The van der Waals surface area contributed by atoms with E-state index in [1.54, 1.807) is 37.7 Å². The van der Waals surface area contributed by atoms with E-state index in [0.717, 1.165) is 43.2 Å². The van der Waals surface area contributed by atoms with Gasteiger partial charge in [0.2, 0.25) is 5.88 Å². The minimum absolute atomic E-state index is 0.100. The molecule has 36 heavy (non-hydrogen) atoms. The molecule has 2 fully saturated rings. The molecule has 11 heteroatoms. The Bertz CT molecular complexity index is 1080. The number of methoxy groups -OCH3 is 1. The third-order valence-corrected chi connectivity index (χ3v) is 6.75. The molecule has 0 unspecified atom stereocenters. The van der Waals surface area contributed by atoms with Gasteiger partial charge in [-0.15, -0.1) is 0 Å². The summed E-state index contributed by atoms with van der Waals surface area (Å²) in [6, 6.07) is 9.61. The quantitative estimate of drug-likeness (QED) is 0.365. The second kappa shape index (κ2) is 13.9. The zero-order chi connectivity index (χ0) is 26.0. The Hall–Kier alpha value is -2.21. The molecule has 5 rings (SSSR count). The molecule has 7 nitrogen and oxygen atoms in total.